The normalized spacial score (nSPS) is 11.9. The van der Waals surface area contributed by atoms with Crippen LogP contribution in [-0.2, 0) is 13.1 Å². The summed E-state index contributed by atoms with van der Waals surface area (Å²) in [7, 11) is -3.19. The summed E-state index contributed by atoms with van der Waals surface area (Å²) in [5.41, 5.74) is 4.81. The van der Waals surface area contributed by atoms with Gasteiger partial charge in [0.05, 0.1) is 18.2 Å². The summed E-state index contributed by atoms with van der Waals surface area (Å²) in [6, 6.07) is 21.6. The highest BCUT2D eigenvalue weighted by atomic mass is 35.7. The van der Waals surface area contributed by atoms with Crippen LogP contribution < -0.4 is 27.9 Å². The van der Waals surface area contributed by atoms with E-state index in [9.17, 15) is 0 Å². The number of hydrogen-bond donors (Lipinski definition) is 0. The Morgan fingerprint density at radius 1 is 0.943 bits per heavy atom. The van der Waals surface area contributed by atoms with Crippen LogP contribution in [0.5, 0.6) is 5.88 Å². The van der Waals surface area contributed by atoms with Gasteiger partial charge in [-0.1, -0.05) is 59.9 Å². The summed E-state index contributed by atoms with van der Waals surface area (Å²) in [6.45, 7) is 4.01. The van der Waals surface area contributed by atoms with E-state index in [0.29, 0.717) is 0 Å². The number of fused-ring (bicyclic) bond motifs is 4. The highest BCUT2D eigenvalue weighted by Gasteiger charge is 2.16. The van der Waals surface area contributed by atoms with Crippen molar-refractivity contribution in [1.82, 2.24) is 4.57 Å². The molecule has 0 bridgehead atoms. The van der Waals surface area contributed by atoms with Crippen LogP contribution >= 0.6 is 11.3 Å². The van der Waals surface area contributed by atoms with Crippen molar-refractivity contribution >= 4 is 49.2 Å². The molecule has 0 aliphatic rings. The number of nitrogens with zero attached hydrogens (tertiary/aromatic N) is 2. The topological polar surface area (TPSA) is 110 Å². The molecule has 3 aromatic carbocycles. The van der Waals surface area contributed by atoms with Crippen molar-refractivity contribution in [2.75, 3.05) is 7.11 Å². The molecule has 0 saturated carbocycles. The number of allylic oxidation sites excluding steroid dienone is 1. The van der Waals surface area contributed by atoms with E-state index in [-0.39, 0.29) is 0 Å². The minimum absolute atomic E-state index is 0.882. The second kappa shape index (κ2) is 10.7. The number of halogens is 1. The Bertz CT molecular complexity index is 1480. The highest BCUT2D eigenvalue weighted by molar-refractivity contribution is 7.16. The van der Waals surface area contributed by atoms with Crippen molar-refractivity contribution in [3.05, 3.63) is 77.9 Å². The van der Waals surface area contributed by atoms with E-state index >= 15 is 0 Å². The molecule has 5 aromatic rings. The largest absolute Gasteiger partial charge is 0.482 e. The minimum Gasteiger partial charge on any atom is -0.482 e. The molecular weight excluding hydrogens is 488 g/mol. The molecule has 182 valence electrons. The first-order valence-electron chi connectivity index (χ1n) is 11.0. The summed E-state index contributed by atoms with van der Waals surface area (Å²) in [4.78, 5) is 0. The average Bonchev–Trinajstić information content (AvgIpc) is 3.39. The molecule has 0 spiro atoms. The molecular formula is C26H25ClN2O5S. The lowest BCUT2D eigenvalue weighted by Crippen LogP contribution is -2.68. The number of aromatic nitrogens is 2. The lowest BCUT2D eigenvalue weighted by molar-refractivity contribution is -2.00. The number of ether oxygens (including phenoxy) is 1. The molecule has 0 N–H and O–H groups in total. The van der Waals surface area contributed by atoms with E-state index in [2.05, 4.69) is 94.4 Å². The molecule has 0 atom stereocenters. The van der Waals surface area contributed by atoms with Crippen LogP contribution in [0.15, 0.2) is 72.3 Å². The average molecular weight is 513 g/mol. The first-order chi connectivity index (χ1) is 16.8. The van der Waals surface area contributed by atoms with Crippen molar-refractivity contribution in [1.29, 1.82) is 0 Å². The molecule has 0 fully saturated rings. The van der Waals surface area contributed by atoms with E-state index in [1.165, 1.54) is 37.5 Å². The Hall–Kier alpha value is -2.98. The van der Waals surface area contributed by atoms with Crippen LogP contribution in [0, 0.1) is 10.2 Å². The molecule has 0 unspecified atom stereocenters. The van der Waals surface area contributed by atoms with Gasteiger partial charge in [-0.2, -0.15) is 4.57 Å². The Kier molecular flexibility index (Phi) is 7.71. The van der Waals surface area contributed by atoms with Crippen LogP contribution in [0.1, 0.15) is 19.0 Å². The first-order valence-corrected chi connectivity index (χ1v) is 13.1. The lowest BCUT2D eigenvalue weighted by Gasteiger charge is -2.17. The fourth-order valence-electron chi connectivity index (χ4n) is 4.38. The van der Waals surface area contributed by atoms with Crippen molar-refractivity contribution in [3.8, 4) is 5.88 Å². The van der Waals surface area contributed by atoms with Gasteiger partial charge in [0.25, 0.3) is 0 Å². The summed E-state index contributed by atoms with van der Waals surface area (Å²) >= 11 is 1.82. The van der Waals surface area contributed by atoms with E-state index in [1.807, 2.05) is 11.3 Å². The number of hydrogen-bond acceptors (Lipinski definition) is 6. The third kappa shape index (κ3) is 5.65. The predicted octanol–water partition coefficient (Wildman–Crippen LogP) is 1.67. The van der Waals surface area contributed by atoms with E-state index in [1.54, 1.807) is 7.11 Å². The summed E-state index contributed by atoms with van der Waals surface area (Å²) < 4.78 is 45.7. The number of thiazole rings is 1. The Labute approximate surface area is 209 Å². The van der Waals surface area contributed by atoms with Crippen LogP contribution in [0.3, 0.4) is 0 Å². The van der Waals surface area contributed by atoms with Gasteiger partial charge >= 0.3 is 0 Å². The van der Waals surface area contributed by atoms with Crippen LogP contribution in [-0.4, -0.2) is 11.7 Å². The molecule has 0 aliphatic carbocycles. The molecule has 7 nitrogen and oxygen atoms in total. The van der Waals surface area contributed by atoms with Gasteiger partial charge in [-0.05, 0) is 36.6 Å². The maximum Gasteiger partial charge on any atom is 0.231 e. The monoisotopic (exact) mass is 512 g/mol. The zero-order valence-corrected chi connectivity index (χ0v) is 20.9. The van der Waals surface area contributed by atoms with Crippen molar-refractivity contribution in [2.45, 2.75) is 26.4 Å². The van der Waals surface area contributed by atoms with E-state index in [4.69, 9.17) is 23.4 Å². The van der Waals surface area contributed by atoms with Gasteiger partial charge in [-0.15, -0.1) is 10.2 Å². The van der Waals surface area contributed by atoms with Gasteiger partial charge in [0.2, 0.25) is 16.9 Å². The first kappa shape index (κ1) is 25.1. The van der Waals surface area contributed by atoms with Crippen LogP contribution in [0.4, 0.5) is 0 Å². The van der Waals surface area contributed by atoms with Gasteiger partial charge in [-0.25, -0.2) is 18.6 Å². The third-order valence-corrected chi connectivity index (χ3v) is 6.69. The SMILES string of the molecule is CCn1c(C=CCC[n+]2csc3ccc4ccccc4c32)c2ccccc2c1OC.[O-][Cl+3]([O-])([O-])[O-]. The molecule has 0 saturated heterocycles. The molecule has 9 heteroatoms. The fourth-order valence-corrected chi connectivity index (χ4v) is 5.32. The van der Waals surface area contributed by atoms with Crippen molar-refractivity contribution in [2.24, 2.45) is 0 Å². The molecule has 5 rings (SSSR count). The Morgan fingerprint density at radius 3 is 2.29 bits per heavy atom. The van der Waals surface area contributed by atoms with Crippen molar-refractivity contribution < 1.29 is 38.2 Å². The molecule has 2 aromatic heterocycles. The summed E-state index contributed by atoms with van der Waals surface area (Å²) in [5.74, 6) is 0.942. The number of rotatable bonds is 6. The quantitative estimate of drug-likeness (QED) is 0.321. The lowest BCUT2D eigenvalue weighted by atomic mass is 10.1. The maximum absolute atomic E-state index is 8.49. The summed E-state index contributed by atoms with van der Waals surface area (Å²) in [5, 5.41) is 5.04. The molecule has 35 heavy (non-hydrogen) atoms. The van der Waals surface area contributed by atoms with Gasteiger partial charge in [0.1, 0.15) is 4.70 Å². The molecule has 0 radical (unpaired) electrons. The van der Waals surface area contributed by atoms with Crippen molar-refractivity contribution in [3.63, 3.8) is 0 Å². The van der Waals surface area contributed by atoms with Gasteiger partial charge < -0.3 is 9.30 Å². The van der Waals surface area contributed by atoms with Gasteiger partial charge in [0.15, 0.2) is 6.54 Å². The molecule has 0 aliphatic heterocycles. The Morgan fingerprint density at radius 2 is 1.60 bits per heavy atom. The number of benzene rings is 3. The number of methoxy groups -OCH3 is 1. The fraction of sp³-hybridized carbons (Fsp3) is 0.192. The molecule has 0 amide bonds. The predicted molar refractivity (Wildman–Crippen MR) is 127 cm³/mol. The molecule has 2 heterocycles. The van der Waals surface area contributed by atoms with Gasteiger partial charge in [0, 0.05) is 23.7 Å². The highest BCUT2D eigenvalue weighted by Crippen LogP contribution is 2.33. The number of aryl methyl sites for hydroxylation is 1. The zero-order chi connectivity index (χ0) is 25.0. The van der Waals surface area contributed by atoms with Gasteiger partial charge in [-0.3, -0.25) is 0 Å². The zero-order valence-electron chi connectivity index (χ0n) is 19.3. The summed E-state index contributed by atoms with van der Waals surface area (Å²) in [6.07, 6.45) is 5.52. The van der Waals surface area contributed by atoms with Crippen LogP contribution in [0.2, 0.25) is 0 Å². The Balaban J connectivity index is 0.000000527. The third-order valence-electron chi connectivity index (χ3n) is 5.75. The second-order valence-corrected chi connectivity index (χ2v) is 9.45. The minimum atomic E-state index is -4.94. The maximum atomic E-state index is 8.49. The van der Waals surface area contributed by atoms with Crippen LogP contribution in [0.25, 0.3) is 37.8 Å². The van der Waals surface area contributed by atoms with E-state index in [0.717, 1.165) is 25.4 Å². The van der Waals surface area contributed by atoms with E-state index < -0.39 is 10.2 Å². The second-order valence-electron chi connectivity index (χ2n) is 7.80. The standard InChI is InChI=1S/C26H25N2OS.ClHO4/c1-3-28-23(21-12-6-7-13-22(21)26(28)29-2)14-8-9-17-27-18-30-24-16-15-19-10-4-5-11-20(19)25(24)27;2-1(3,4)5/h4-8,10-16,18H,3,9,17H2,1-2H3;(H,2,3,4,5)/q+1;/p-1. The smallest absolute Gasteiger partial charge is 0.231 e.